The lowest BCUT2D eigenvalue weighted by atomic mass is 10.1. The minimum atomic E-state index is -0.772. The standard InChI is InChI=1S/C11H20N2O4/c1-2-17-6-5-12-11(16)13-9-4-3-8(7-9)10(14)15/h8-9H,2-7H2,1H3,(H,14,15)(H2,12,13,16). The number of hydrogen-bond acceptors (Lipinski definition) is 3. The molecule has 3 N–H and O–H groups in total. The van der Waals surface area contributed by atoms with E-state index in [1.165, 1.54) is 0 Å². The molecule has 0 heterocycles. The predicted molar refractivity (Wildman–Crippen MR) is 61.8 cm³/mol. The van der Waals surface area contributed by atoms with E-state index in [4.69, 9.17) is 9.84 Å². The van der Waals surface area contributed by atoms with Crippen LogP contribution in [0.4, 0.5) is 4.79 Å². The predicted octanol–water partition coefficient (Wildman–Crippen LogP) is 0.575. The van der Waals surface area contributed by atoms with Gasteiger partial charge in [0.15, 0.2) is 0 Å². The Kier molecular flexibility index (Phi) is 5.76. The van der Waals surface area contributed by atoms with Gasteiger partial charge in [0.05, 0.1) is 12.5 Å². The molecule has 1 fully saturated rings. The minimum absolute atomic E-state index is 0.0248. The molecule has 0 aliphatic heterocycles. The van der Waals surface area contributed by atoms with E-state index in [-0.39, 0.29) is 18.0 Å². The molecule has 6 heteroatoms. The van der Waals surface area contributed by atoms with Crippen LogP contribution in [0.15, 0.2) is 0 Å². The maximum Gasteiger partial charge on any atom is 0.315 e. The molecule has 0 aromatic heterocycles. The number of carboxylic acid groups (broad SMARTS) is 1. The van der Waals surface area contributed by atoms with Gasteiger partial charge in [-0.1, -0.05) is 0 Å². The molecule has 1 aliphatic rings. The lowest BCUT2D eigenvalue weighted by Crippen LogP contribution is -2.42. The Morgan fingerprint density at radius 2 is 2.18 bits per heavy atom. The summed E-state index contributed by atoms with van der Waals surface area (Å²) in [6.45, 7) is 3.48. The van der Waals surface area contributed by atoms with Gasteiger partial charge in [0, 0.05) is 19.2 Å². The highest BCUT2D eigenvalue weighted by Crippen LogP contribution is 2.25. The van der Waals surface area contributed by atoms with Crippen LogP contribution in [0.5, 0.6) is 0 Å². The van der Waals surface area contributed by atoms with Crippen molar-refractivity contribution >= 4 is 12.0 Å². The molecule has 0 spiro atoms. The van der Waals surface area contributed by atoms with Crippen molar-refractivity contribution in [3.05, 3.63) is 0 Å². The molecule has 0 aromatic rings. The monoisotopic (exact) mass is 244 g/mol. The summed E-state index contributed by atoms with van der Waals surface area (Å²) in [5, 5.41) is 14.3. The number of amides is 2. The third kappa shape index (κ3) is 5.04. The number of carboxylic acids is 1. The first-order valence-electron chi connectivity index (χ1n) is 5.98. The van der Waals surface area contributed by atoms with Gasteiger partial charge in [-0.15, -0.1) is 0 Å². The van der Waals surface area contributed by atoms with Crippen molar-refractivity contribution in [1.82, 2.24) is 10.6 Å². The van der Waals surface area contributed by atoms with Crippen LogP contribution in [0.3, 0.4) is 0 Å². The van der Waals surface area contributed by atoms with Crippen molar-refractivity contribution in [2.24, 2.45) is 5.92 Å². The highest BCUT2D eigenvalue weighted by atomic mass is 16.5. The highest BCUT2D eigenvalue weighted by Gasteiger charge is 2.30. The second-order valence-electron chi connectivity index (χ2n) is 4.14. The Bertz CT molecular complexity index is 270. The topological polar surface area (TPSA) is 87.7 Å². The Balaban J connectivity index is 2.13. The van der Waals surface area contributed by atoms with E-state index < -0.39 is 5.97 Å². The Hall–Kier alpha value is -1.30. The molecule has 0 aromatic carbocycles. The fourth-order valence-corrected chi connectivity index (χ4v) is 1.95. The van der Waals surface area contributed by atoms with E-state index in [1.54, 1.807) is 0 Å². The van der Waals surface area contributed by atoms with Crippen molar-refractivity contribution < 1.29 is 19.4 Å². The number of nitrogens with one attached hydrogen (secondary N) is 2. The number of aliphatic carboxylic acids is 1. The van der Waals surface area contributed by atoms with Gasteiger partial charge in [-0.3, -0.25) is 4.79 Å². The second-order valence-corrected chi connectivity index (χ2v) is 4.14. The van der Waals surface area contributed by atoms with Gasteiger partial charge >= 0.3 is 12.0 Å². The molecule has 0 saturated heterocycles. The van der Waals surface area contributed by atoms with E-state index in [1.807, 2.05) is 6.92 Å². The van der Waals surface area contributed by atoms with Crippen LogP contribution in [0, 0.1) is 5.92 Å². The minimum Gasteiger partial charge on any atom is -0.481 e. The quantitative estimate of drug-likeness (QED) is 0.596. The molecule has 1 rings (SSSR count). The van der Waals surface area contributed by atoms with Crippen molar-refractivity contribution in [1.29, 1.82) is 0 Å². The zero-order chi connectivity index (χ0) is 12.7. The van der Waals surface area contributed by atoms with Crippen LogP contribution < -0.4 is 10.6 Å². The average molecular weight is 244 g/mol. The molecule has 2 atom stereocenters. The molecule has 17 heavy (non-hydrogen) atoms. The van der Waals surface area contributed by atoms with Gasteiger partial charge in [-0.2, -0.15) is 0 Å². The third-order valence-electron chi connectivity index (χ3n) is 2.85. The lowest BCUT2D eigenvalue weighted by molar-refractivity contribution is -0.141. The molecule has 1 saturated carbocycles. The average Bonchev–Trinajstić information content (AvgIpc) is 2.73. The van der Waals surface area contributed by atoms with Gasteiger partial charge in [0.1, 0.15) is 0 Å². The highest BCUT2D eigenvalue weighted by molar-refractivity contribution is 5.75. The number of ether oxygens (including phenoxy) is 1. The normalized spacial score (nSPS) is 23.4. The van der Waals surface area contributed by atoms with E-state index >= 15 is 0 Å². The molecular weight excluding hydrogens is 224 g/mol. The summed E-state index contributed by atoms with van der Waals surface area (Å²) in [7, 11) is 0. The van der Waals surface area contributed by atoms with Crippen LogP contribution in [0.2, 0.25) is 0 Å². The Labute approximate surface area is 101 Å². The molecule has 2 amide bonds. The van der Waals surface area contributed by atoms with Crippen LogP contribution in [0.1, 0.15) is 26.2 Å². The summed E-state index contributed by atoms with van der Waals surface area (Å²) < 4.78 is 5.08. The SMILES string of the molecule is CCOCCNC(=O)NC1CCC(C(=O)O)C1. The fourth-order valence-electron chi connectivity index (χ4n) is 1.95. The molecule has 2 unspecified atom stereocenters. The molecule has 0 bridgehead atoms. The van der Waals surface area contributed by atoms with Gasteiger partial charge in [0.2, 0.25) is 0 Å². The van der Waals surface area contributed by atoms with Crippen LogP contribution in [-0.4, -0.2) is 42.9 Å². The first-order valence-corrected chi connectivity index (χ1v) is 5.98. The summed E-state index contributed by atoms with van der Waals surface area (Å²) in [6.07, 6.45) is 1.89. The number of rotatable bonds is 6. The number of carbonyl (C=O) groups excluding carboxylic acids is 1. The van der Waals surface area contributed by atoms with E-state index in [0.717, 1.165) is 6.42 Å². The first-order chi connectivity index (χ1) is 8.13. The Morgan fingerprint density at radius 3 is 2.76 bits per heavy atom. The molecule has 98 valence electrons. The van der Waals surface area contributed by atoms with Gasteiger partial charge < -0.3 is 20.5 Å². The summed E-state index contributed by atoms with van der Waals surface area (Å²) >= 11 is 0. The molecule has 6 nitrogen and oxygen atoms in total. The first kappa shape index (κ1) is 13.8. The molecular formula is C11H20N2O4. The van der Waals surface area contributed by atoms with Crippen LogP contribution >= 0.6 is 0 Å². The van der Waals surface area contributed by atoms with E-state index in [9.17, 15) is 9.59 Å². The smallest absolute Gasteiger partial charge is 0.315 e. The van der Waals surface area contributed by atoms with Crippen molar-refractivity contribution in [3.8, 4) is 0 Å². The van der Waals surface area contributed by atoms with Gasteiger partial charge in [0.25, 0.3) is 0 Å². The maximum atomic E-state index is 11.4. The summed E-state index contributed by atoms with van der Waals surface area (Å²) in [6, 6.07) is -0.274. The lowest BCUT2D eigenvalue weighted by Gasteiger charge is -2.13. The zero-order valence-corrected chi connectivity index (χ0v) is 10.1. The van der Waals surface area contributed by atoms with Crippen LogP contribution in [-0.2, 0) is 9.53 Å². The largest absolute Gasteiger partial charge is 0.481 e. The Morgan fingerprint density at radius 1 is 1.41 bits per heavy atom. The summed E-state index contributed by atoms with van der Waals surface area (Å²) in [5.74, 6) is -1.09. The molecule has 1 aliphatic carbocycles. The third-order valence-corrected chi connectivity index (χ3v) is 2.85. The second kappa shape index (κ2) is 7.11. The fraction of sp³-hybridized carbons (Fsp3) is 0.818. The zero-order valence-electron chi connectivity index (χ0n) is 10.1. The van der Waals surface area contributed by atoms with Crippen molar-refractivity contribution in [2.75, 3.05) is 19.8 Å². The maximum absolute atomic E-state index is 11.4. The van der Waals surface area contributed by atoms with Crippen molar-refractivity contribution in [3.63, 3.8) is 0 Å². The van der Waals surface area contributed by atoms with Gasteiger partial charge in [-0.05, 0) is 26.2 Å². The van der Waals surface area contributed by atoms with Crippen molar-refractivity contribution in [2.45, 2.75) is 32.2 Å². The van der Waals surface area contributed by atoms with Crippen LogP contribution in [0.25, 0.3) is 0 Å². The van der Waals surface area contributed by atoms with E-state index in [2.05, 4.69) is 10.6 Å². The number of hydrogen-bond donors (Lipinski definition) is 3. The van der Waals surface area contributed by atoms with Gasteiger partial charge in [-0.25, -0.2) is 4.79 Å². The molecule has 0 radical (unpaired) electrons. The number of urea groups is 1. The van der Waals surface area contributed by atoms with E-state index in [0.29, 0.717) is 32.6 Å². The summed E-state index contributed by atoms with van der Waals surface area (Å²) in [4.78, 5) is 22.1. The summed E-state index contributed by atoms with van der Waals surface area (Å²) in [5.41, 5.74) is 0. The number of carbonyl (C=O) groups is 2.